The van der Waals surface area contributed by atoms with Crippen molar-refractivity contribution in [1.82, 2.24) is 0 Å². The van der Waals surface area contributed by atoms with Crippen LogP contribution in [0.15, 0.2) is 30.3 Å². The zero-order chi connectivity index (χ0) is 24.9. The van der Waals surface area contributed by atoms with E-state index in [1.807, 2.05) is 30.3 Å². The molecule has 0 amide bonds. The highest BCUT2D eigenvalue weighted by Crippen LogP contribution is 2.44. The molecular formula is C27H48O3Si2. The largest absolute Gasteiger partial charge is 0.542 e. The highest BCUT2D eigenvalue weighted by atomic mass is 28.4. The lowest BCUT2D eigenvalue weighted by molar-refractivity contribution is -0.130. The summed E-state index contributed by atoms with van der Waals surface area (Å²) in [5, 5.41) is 0. The van der Waals surface area contributed by atoms with E-state index in [0.717, 1.165) is 11.3 Å². The summed E-state index contributed by atoms with van der Waals surface area (Å²) in [6, 6.07) is 8.07. The summed E-state index contributed by atoms with van der Waals surface area (Å²) >= 11 is 0. The van der Waals surface area contributed by atoms with Gasteiger partial charge in [0.15, 0.2) is 0 Å². The SMILES string of the molecule is CC(C)[Si](OC(=O)C=Cc1ccccc1O[Si](C(C)C)(C(C)C)C(C)C)(C(C)C)C(C)C. The lowest BCUT2D eigenvalue weighted by atomic mass is 10.2. The number of para-hydroxylation sites is 1. The Morgan fingerprint density at radius 3 is 1.50 bits per heavy atom. The lowest BCUT2D eigenvalue weighted by Gasteiger charge is -2.42. The minimum atomic E-state index is -2.25. The van der Waals surface area contributed by atoms with E-state index < -0.39 is 16.6 Å². The second-order valence-electron chi connectivity index (χ2n) is 11.0. The molecule has 0 saturated heterocycles. The zero-order valence-corrected chi connectivity index (χ0v) is 24.7. The van der Waals surface area contributed by atoms with Crippen molar-refractivity contribution in [2.45, 2.75) is 116 Å². The van der Waals surface area contributed by atoms with Gasteiger partial charge in [-0.3, -0.25) is 0 Å². The quantitative estimate of drug-likeness (QED) is 0.236. The molecule has 5 heteroatoms. The van der Waals surface area contributed by atoms with Gasteiger partial charge in [0, 0.05) is 11.6 Å². The number of rotatable bonds is 11. The van der Waals surface area contributed by atoms with Crippen molar-refractivity contribution in [3.63, 3.8) is 0 Å². The van der Waals surface area contributed by atoms with Gasteiger partial charge in [0.1, 0.15) is 5.75 Å². The summed E-state index contributed by atoms with van der Waals surface area (Å²) in [6.07, 6.45) is 3.47. The van der Waals surface area contributed by atoms with Crippen LogP contribution in [0, 0.1) is 0 Å². The van der Waals surface area contributed by atoms with Crippen LogP contribution in [0.25, 0.3) is 6.08 Å². The fraction of sp³-hybridized carbons (Fsp3) is 0.667. The van der Waals surface area contributed by atoms with E-state index in [-0.39, 0.29) is 5.97 Å². The maximum absolute atomic E-state index is 13.0. The summed E-state index contributed by atoms with van der Waals surface area (Å²) in [7, 11) is -4.33. The molecule has 0 aliphatic rings. The number of hydrogen-bond acceptors (Lipinski definition) is 3. The second kappa shape index (κ2) is 11.7. The fourth-order valence-electron chi connectivity index (χ4n) is 5.97. The molecule has 0 radical (unpaired) electrons. The number of carbonyl (C=O) groups excluding carboxylic acids is 1. The topological polar surface area (TPSA) is 35.5 Å². The highest BCUT2D eigenvalue weighted by molar-refractivity contribution is 6.79. The standard InChI is InChI=1S/C27H48O3Si2/c1-19(2)31(20(3)4,21(5)6)29-26-16-14-13-15-25(26)17-18-27(28)30-32(22(7)8,23(9)10)24(11)12/h13-24H,1-12H3. The fourth-order valence-corrected chi connectivity index (χ4v) is 16.4. The first kappa shape index (κ1) is 28.7. The van der Waals surface area contributed by atoms with Crippen LogP contribution in [-0.4, -0.2) is 22.6 Å². The van der Waals surface area contributed by atoms with Crippen LogP contribution in [0.5, 0.6) is 5.75 Å². The number of benzene rings is 1. The Hall–Kier alpha value is -1.34. The van der Waals surface area contributed by atoms with Gasteiger partial charge in [0.2, 0.25) is 0 Å². The van der Waals surface area contributed by atoms with Crippen molar-refractivity contribution in [3.05, 3.63) is 35.9 Å². The molecule has 3 nitrogen and oxygen atoms in total. The minimum Gasteiger partial charge on any atom is -0.542 e. The third-order valence-electron chi connectivity index (χ3n) is 7.30. The van der Waals surface area contributed by atoms with E-state index in [9.17, 15) is 4.79 Å². The average Bonchev–Trinajstić information content (AvgIpc) is 2.67. The smallest absolute Gasteiger partial charge is 0.317 e. The molecule has 1 aromatic carbocycles. The Morgan fingerprint density at radius 1 is 0.688 bits per heavy atom. The van der Waals surface area contributed by atoms with Gasteiger partial charge in [-0.15, -0.1) is 0 Å². The first-order valence-corrected chi connectivity index (χ1v) is 16.7. The van der Waals surface area contributed by atoms with Crippen LogP contribution in [0.3, 0.4) is 0 Å². The summed E-state index contributed by atoms with van der Waals surface area (Å²) in [6.45, 7) is 26.9. The number of carbonyl (C=O) groups is 1. The molecule has 0 saturated carbocycles. The molecule has 0 spiro atoms. The maximum atomic E-state index is 13.0. The molecule has 0 aliphatic carbocycles. The summed E-state index contributed by atoms with van der Waals surface area (Å²) < 4.78 is 13.2. The Balaban J connectivity index is 3.27. The summed E-state index contributed by atoms with van der Waals surface area (Å²) in [5.41, 5.74) is 3.49. The molecule has 0 fully saturated rings. The Kier molecular flexibility index (Phi) is 10.5. The van der Waals surface area contributed by atoms with Gasteiger partial charge in [-0.25, -0.2) is 4.79 Å². The van der Waals surface area contributed by atoms with Crippen LogP contribution in [-0.2, 0) is 9.22 Å². The first-order valence-electron chi connectivity index (χ1n) is 12.4. The normalized spacial score (nSPS) is 13.4. The van der Waals surface area contributed by atoms with E-state index in [2.05, 4.69) is 83.1 Å². The third-order valence-corrected chi connectivity index (χ3v) is 19.3. The van der Waals surface area contributed by atoms with Crippen LogP contribution in [0.4, 0.5) is 0 Å². The lowest BCUT2D eigenvalue weighted by Crippen LogP contribution is -2.50. The van der Waals surface area contributed by atoms with Crippen molar-refractivity contribution < 1.29 is 13.6 Å². The maximum Gasteiger partial charge on any atom is 0.317 e. The van der Waals surface area contributed by atoms with Crippen molar-refractivity contribution in [2.75, 3.05) is 0 Å². The molecule has 1 aromatic rings. The van der Waals surface area contributed by atoms with Gasteiger partial charge in [-0.1, -0.05) is 101 Å². The predicted molar refractivity (Wildman–Crippen MR) is 144 cm³/mol. The highest BCUT2D eigenvalue weighted by Gasteiger charge is 2.48. The summed E-state index contributed by atoms with van der Waals surface area (Å²) in [5.74, 6) is 0.641. The molecule has 32 heavy (non-hydrogen) atoms. The monoisotopic (exact) mass is 476 g/mol. The molecule has 0 N–H and O–H groups in total. The third kappa shape index (κ3) is 5.96. The van der Waals surface area contributed by atoms with Gasteiger partial charge in [-0.05, 0) is 45.4 Å². The van der Waals surface area contributed by atoms with Crippen molar-refractivity contribution in [2.24, 2.45) is 0 Å². The van der Waals surface area contributed by atoms with Gasteiger partial charge < -0.3 is 8.85 Å². The average molecular weight is 477 g/mol. The van der Waals surface area contributed by atoms with Crippen LogP contribution in [0.2, 0.25) is 33.2 Å². The molecule has 0 aliphatic heterocycles. The van der Waals surface area contributed by atoms with E-state index >= 15 is 0 Å². The number of hydrogen-bond donors (Lipinski definition) is 0. The van der Waals surface area contributed by atoms with E-state index in [1.165, 1.54) is 0 Å². The predicted octanol–water partition coefficient (Wildman–Crippen LogP) is 8.97. The zero-order valence-electron chi connectivity index (χ0n) is 22.7. The van der Waals surface area contributed by atoms with E-state index in [4.69, 9.17) is 8.85 Å². The van der Waals surface area contributed by atoms with Crippen LogP contribution < -0.4 is 4.43 Å². The molecule has 1 rings (SSSR count). The van der Waals surface area contributed by atoms with Crippen molar-refractivity contribution in [1.29, 1.82) is 0 Å². The van der Waals surface area contributed by atoms with Crippen molar-refractivity contribution >= 4 is 28.7 Å². The summed E-state index contributed by atoms with van der Waals surface area (Å²) in [4.78, 5) is 13.0. The molecule has 0 unspecified atom stereocenters. The van der Waals surface area contributed by atoms with Gasteiger partial charge in [0.25, 0.3) is 16.6 Å². The molecule has 182 valence electrons. The molecule has 0 bridgehead atoms. The van der Waals surface area contributed by atoms with Crippen LogP contribution in [0.1, 0.15) is 88.6 Å². The van der Waals surface area contributed by atoms with Crippen molar-refractivity contribution in [3.8, 4) is 5.75 Å². The second-order valence-corrected chi connectivity index (χ2v) is 21.8. The Morgan fingerprint density at radius 2 is 1.09 bits per heavy atom. The van der Waals surface area contributed by atoms with E-state index in [1.54, 1.807) is 6.08 Å². The van der Waals surface area contributed by atoms with Gasteiger partial charge >= 0.3 is 5.97 Å². The Labute approximate surface area is 200 Å². The van der Waals surface area contributed by atoms with Gasteiger partial charge in [0.05, 0.1) is 0 Å². The van der Waals surface area contributed by atoms with E-state index in [0.29, 0.717) is 33.2 Å². The molecule has 0 aromatic heterocycles. The minimum absolute atomic E-state index is 0.234. The first-order chi connectivity index (χ1) is 14.7. The Bertz CT molecular complexity index is 720. The van der Waals surface area contributed by atoms with Crippen LogP contribution >= 0.6 is 0 Å². The molecular weight excluding hydrogens is 428 g/mol. The molecule has 0 heterocycles. The van der Waals surface area contributed by atoms with Gasteiger partial charge in [-0.2, -0.15) is 0 Å². The molecule has 0 atom stereocenters.